The number of hydrogen-bond acceptors (Lipinski definition) is 6. The molecule has 1 aromatic carbocycles. The van der Waals surface area contributed by atoms with Crippen LogP contribution < -0.4 is 16.0 Å². The number of nitrogens with zero attached hydrogens (tertiary/aromatic N) is 1. The Morgan fingerprint density at radius 1 is 1.07 bits per heavy atom. The van der Waals surface area contributed by atoms with Crippen molar-refractivity contribution in [2.45, 2.75) is 25.3 Å². The zero-order valence-corrected chi connectivity index (χ0v) is 16.6. The number of nitrogens with one attached hydrogen (secondary N) is 3. The molecule has 1 saturated heterocycles. The van der Waals surface area contributed by atoms with E-state index in [1.54, 1.807) is 17.0 Å². The van der Waals surface area contributed by atoms with Gasteiger partial charge < -0.3 is 25.6 Å². The molecule has 1 atom stereocenters. The predicted molar refractivity (Wildman–Crippen MR) is 106 cm³/mol. The molecule has 29 heavy (non-hydrogen) atoms. The van der Waals surface area contributed by atoms with Gasteiger partial charge in [0.25, 0.3) is 0 Å². The number of piperazine rings is 1. The number of carbonyl (C=O) groups excluding carboxylic acids is 4. The van der Waals surface area contributed by atoms with Gasteiger partial charge in [-0.05, 0) is 5.56 Å². The van der Waals surface area contributed by atoms with Crippen LogP contribution in [0.25, 0.3) is 0 Å². The minimum Gasteiger partial charge on any atom is -0.469 e. The molecule has 1 aliphatic heterocycles. The summed E-state index contributed by atoms with van der Waals surface area (Å²) >= 11 is 0. The fourth-order valence-electron chi connectivity index (χ4n) is 2.99. The molecule has 0 spiro atoms. The molecular weight excluding hydrogens is 376 g/mol. The molecule has 9 nitrogen and oxygen atoms in total. The summed E-state index contributed by atoms with van der Waals surface area (Å²) in [5.41, 5.74) is 0.763. The molecule has 2 rings (SSSR count). The van der Waals surface area contributed by atoms with Gasteiger partial charge in [-0.1, -0.05) is 30.3 Å². The van der Waals surface area contributed by atoms with Gasteiger partial charge in [-0.25, -0.2) is 0 Å². The first-order valence-electron chi connectivity index (χ1n) is 9.66. The minimum absolute atomic E-state index is 0.0145. The van der Waals surface area contributed by atoms with Gasteiger partial charge in [-0.2, -0.15) is 0 Å². The Hall–Kier alpha value is -2.94. The molecule has 0 radical (unpaired) electrons. The van der Waals surface area contributed by atoms with Crippen molar-refractivity contribution >= 4 is 23.7 Å². The van der Waals surface area contributed by atoms with E-state index in [1.165, 1.54) is 7.11 Å². The maximum atomic E-state index is 12.2. The molecule has 1 aliphatic rings. The third-order valence-electron chi connectivity index (χ3n) is 4.62. The number of rotatable bonds is 9. The normalized spacial score (nSPS) is 14.6. The van der Waals surface area contributed by atoms with Crippen LogP contribution in [0.2, 0.25) is 0 Å². The number of ether oxygens (including phenoxy) is 1. The average molecular weight is 404 g/mol. The van der Waals surface area contributed by atoms with Crippen LogP contribution in [0.3, 0.4) is 0 Å². The summed E-state index contributed by atoms with van der Waals surface area (Å²) in [6, 6.07) is 8.50. The SMILES string of the molecule is COC(=O)CC(NC(=O)CNC(=O)CCC(=O)N1CCNCC1)c1ccccc1. The number of methoxy groups -OCH3 is 1. The summed E-state index contributed by atoms with van der Waals surface area (Å²) in [7, 11) is 1.29. The van der Waals surface area contributed by atoms with E-state index in [4.69, 9.17) is 0 Å². The van der Waals surface area contributed by atoms with Gasteiger partial charge in [-0.15, -0.1) is 0 Å². The summed E-state index contributed by atoms with van der Waals surface area (Å²) in [6.07, 6.45) is 0.127. The van der Waals surface area contributed by atoms with Crippen molar-refractivity contribution in [3.8, 4) is 0 Å². The van der Waals surface area contributed by atoms with Crippen LogP contribution in [0, 0.1) is 0 Å². The standard InChI is InChI=1S/C20H28N4O5/c1-29-20(28)13-16(15-5-3-2-4-6-15)23-18(26)14-22-17(25)7-8-19(27)24-11-9-21-10-12-24/h2-6,16,21H,7-14H2,1H3,(H,22,25)(H,23,26). The molecular formula is C20H28N4O5. The van der Waals surface area contributed by atoms with Crippen LogP contribution in [-0.4, -0.2) is 68.4 Å². The smallest absolute Gasteiger partial charge is 0.307 e. The van der Waals surface area contributed by atoms with E-state index in [0.29, 0.717) is 13.1 Å². The van der Waals surface area contributed by atoms with Crippen LogP contribution in [0.4, 0.5) is 0 Å². The van der Waals surface area contributed by atoms with Crippen LogP contribution in [0.1, 0.15) is 30.9 Å². The second-order valence-electron chi connectivity index (χ2n) is 6.72. The van der Waals surface area contributed by atoms with Gasteiger partial charge in [0.2, 0.25) is 17.7 Å². The molecule has 3 amide bonds. The van der Waals surface area contributed by atoms with E-state index in [2.05, 4.69) is 20.7 Å². The van der Waals surface area contributed by atoms with Gasteiger partial charge in [0.15, 0.2) is 0 Å². The zero-order chi connectivity index (χ0) is 21.1. The highest BCUT2D eigenvalue weighted by molar-refractivity contribution is 5.87. The summed E-state index contributed by atoms with van der Waals surface area (Å²) in [5, 5.41) is 8.41. The number of carbonyl (C=O) groups is 4. The Kier molecular flexibility index (Phi) is 9.10. The molecule has 3 N–H and O–H groups in total. The largest absolute Gasteiger partial charge is 0.469 e. The van der Waals surface area contributed by atoms with Crippen molar-refractivity contribution in [3.05, 3.63) is 35.9 Å². The summed E-state index contributed by atoms with van der Waals surface area (Å²) < 4.78 is 4.69. The van der Waals surface area contributed by atoms with Crippen molar-refractivity contribution in [2.24, 2.45) is 0 Å². The number of hydrogen-bond donors (Lipinski definition) is 3. The van der Waals surface area contributed by atoms with Crippen LogP contribution in [-0.2, 0) is 23.9 Å². The van der Waals surface area contributed by atoms with Crippen LogP contribution >= 0.6 is 0 Å². The molecule has 1 unspecified atom stereocenters. The van der Waals surface area contributed by atoms with Crippen LogP contribution in [0.15, 0.2) is 30.3 Å². The average Bonchev–Trinajstić information content (AvgIpc) is 2.76. The van der Waals surface area contributed by atoms with E-state index in [0.717, 1.165) is 18.7 Å². The summed E-state index contributed by atoms with van der Waals surface area (Å²) in [4.78, 5) is 49.6. The maximum absolute atomic E-state index is 12.2. The van der Waals surface area contributed by atoms with Crippen molar-refractivity contribution in [1.82, 2.24) is 20.9 Å². The summed E-state index contributed by atoms with van der Waals surface area (Å²) in [6.45, 7) is 2.57. The quantitative estimate of drug-likeness (QED) is 0.488. The van der Waals surface area contributed by atoms with Gasteiger partial charge in [0.05, 0.1) is 26.1 Å². The lowest BCUT2D eigenvalue weighted by Gasteiger charge is -2.27. The highest BCUT2D eigenvalue weighted by atomic mass is 16.5. The Morgan fingerprint density at radius 2 is 1.76 bits per heavy atom. The van der Waals surface area contributed by atoms with Gasteiger partial charge in [0.1, 0.15) is 0 Å². The minimum atomic E-state index is -0.553. The molecule has 0 aliphatic carbocycles. The van der Waals surface area contributed by atoms with Crippen molar-refractivity contribution in [3.63, 3.8) is 0 Å². The number of esters is 1. The first-order chi connectivity index (χ1) is 14.0. The molecule has 9 heteroatoms. The molecule has 1 fully saturated rings. The fourth-order valence-corrected chi connectivity index (χ4v) is 2.99. The Bertz CT molecular complexity index is 704. The van der Waals surface area contributed by atoms with Gasteiger partial charge >= 0.3 is 5.97 Å². The van der Waals surface area contributed by atoms with Gasteiger partial charge in [0, 0.05) is 39.0 Å². The highest BCUT2D eigenvalue weighted by Gasteiger charge is 2.20. The molecule has 0 aromatic heterocycles. The second kappa shape index (κ2) is 11.8. The lowest BCUT2D eigenvalue weighted by Crippen LogP contribution is -2.46. The van der Waals surface area contributed by atoms with Crippen LogP contribution in [0.5, 0.6) is 0 Å². The van der Waals surface area contributed by atoms with Crippen molar-refractivity contribution in [2.75, 3.05) is 39.8 Å². The first kappa shape index (κ1) is 22.4. The molecule has 0 saturated carbocycles. The third-order valence-corrected chi connectivity index (χ3v) is 4.62. The second-order valence-corrected chi connectivity index (χ2v) is 6.72. The van der Waals surface area contributed by atoms with E-state index >= 15 is 0 Å². The highest BCUT2D eigenvalue weighted by Crippen LogP contribution is 2.16. The third kappa shape index (κ3) is 7.90. The Balaban J connectivity index is 1.76. The number of amides is 3. The van der Waals surface area contributed by atoms with E-state index in [-0.39, 0.29) is 37.6 Å². The summed E-state index contributed by atoms with van der Waals surface area (Å²) in [5.74, 6) is -1.31. The molecule has 1 aromatic rings. The topological polar surface area (TPSA) is 117 Å². The van der Waals surface area contributed by atoms with Crippen molar-refractivity contribution in [1.29, 1.82) is 0 Å². The molecule has 158 valence electrons. The fraction of sp³-hybridized carbons (Fsp3) is 0.500. The lowest BCUT2D eigenvalue weighted by atomic mass is 10.0. The van der Waals surface area contributed by atoms with E-state index < -0.39 is 17.9 Å². The zero-order valence-electron chi connectivity index (χ0n) is 16.6. The van der Waals surface area contributed by atoms with Gasteiger partial charge in [-0.3, -0.25) is 19.2 Å². The maximum Gasteiger partial charge on any atom is 0.307 e. The monoisotopic (exact) mass is 404 g/mol. The first-order valence-corrected chi connectivity index (χ1v) is 9.66. The lowest BCUT2D eigenvalue weighted by molar-refractivity contribution is -0.141. The van der Waals surface area contributed by atoms with E-state index in [1.807, 2.05) is 18.2 Å². The Labute approximate surface area is 170 Å². The van der Waals surface area contributed by atoms with E-state index in [9.17, 15) is 19.2 Å². The Morgan fingerprint density at radius 3 is 2.41 bits per heavy atom. The molecule has 0 bridgehead atoms. The molecule has 1 heterocycles. The predicted octanol–water partition coefficient (Wildman–Crippen LogP) is -0.265. The number of benzene rings is 1. The van der Waals surface area contributed by atoms with Crippen molar-refractivity contribution < 1.29 is 23.9 Å².